The minimum absolute atomic E-state index is 0.759. The van der Waals surface area contributed by atoms with Crippen molar-refractivity contribution in [2.75, 3.05) is 40.3 Å². The fourth-order valence-corrected chi connectivity index (χ4v) is 2.49. The van der Waals surface area contributed by atoms with Gasteiger partial charge >= 0.3 is 0 Å². The van der Waals surface area contributed by atoms with Crippen LogP contribution in [0.15, 0.2) is 27.8 Å². The van der Waals surface area contributed by atoms with Crippen LogP contribution >= 0.6 is 0 Å². The number of nitrogens with zero attached hydrogens (tertiary/aromatic N) is 2. The summed E-state index contributed by atoms with van der Waals surface area (Å²) in [6, 6.07) is 3.92. The molecule has 20 heavy (non-hydrogen) atoms. The molecule has 1 aliphatic rings. The van der Waals surface area contributed by atoms with Crippen molar-refractivity contribution in [1.82, 2.24) is 15.5 Å². The van der Waals surface area contributed by atoms with Gasteiger partial charge in [0, 0.05) is 26.6 Å². The fraction of sp³-hybridized carbons (Fsp3) is 0.667. The zero-order valence-electron chi connectivity index (χ0n) is 12.6. The van der Waals surface area contributed by atoms with E-state index in [4.69, 9.17) is 4.42 Å². The third kappa shape index (κ3) is 4.89. The molecule has 0 spiro atoms. The first-order valence-electron chi connectivity index (χ1n) is 7.43. The Morgan fingerprint density at radius 2 is 2.20 bits per heavy atom. The van der Waals surface area contributed by atoms with Crippen LogP contribution in [0.5, 0.6) is 0 Å². The highest BCUT2D eigenvalue weighted by Gasteiger charge is 2.16. The maximum atomic E-state index is 5.31. The van der Waals surface area contributed by atoms with Crippen LogP contribution in [0.25, 0.3) is 0 Å². The Morgan fingerprint density at radius 1 is 1.40 bits per heavy atom. The van der Waals surface area contributed by atoms with Gasteiger partial charge < -0.3 is 20.0 Å². The molecule has 0 aliphatic carbocycles. The number of guanidine groups is 1. The van der Waals surface area contributed by atoms with Crippen LogP contribution in [0, 0.1) is 5.92 Å². The summed E-state index contributed by atoms with van der Waals surface area (Å²) in [5.74, 6) is 2.65. The molecule has 5 heteroatoms. The maximum absolute atomic E-state index is 5.31. The molecule has 0 aromatic carbocycles. The number of piperidine rings is 1. The average Bonchev–Trinajstić information content (AvgIpc) is 2.97. The molecular formula is C15H26N4O. The molecule has 2 heterocycles. The van der Waals surface area contributed by atoms with Gasteiger partial charge in [0.15, 0.2) is 5.96 Å². The summed E-state index contributed by atoms with van der Waals surface area (Å²) in [5.41, 5.74) is 0. The zero-order valence-corrected chi connectivity index (χ0v) is 12.6. The minimum Gasteiger partial charge on any atom is -0.469 e. The van der Waals surface area contributed by atoms with Crippen molar-refractivity contribution in [3.8, 4) is 0 Å². The Hall–Kier alpha value is -1.49. The van der Waals surface area contributed by atoms with Crippen LogP contribution in [-0.4, -0.2) is 51.1 Å². The smallest absolute Gasteiger partial charge is 0.190 e. The molecule has 0 atom stereocenters. The average molecular weight is 278 g/mol. The van der Waals surface area contributed by atoms with Crippen LogP contribution in [-0.2, 0) is 6.42 Å². The van der Waals surface area contributed by atoms with E-state index in [0.717, 1.165) is 37.1 Å². The monoisotopic (exact) mass is 278 g/mol. The summed E-state index contributed by atoms with van der Waals surface area (Å²) in [6.07, 6.45) is 5.13. The normalized spacial score (nSPS) is 18.2. The molecule has 1 aromatic rings. The molecule has 1 saturated heterocycles. The summed E-state index contributed by atoms with van der Waals surface area (Å²) < 4.78 is 5.31. The van der Waals surface area contributed by atoms with Crippen molar-refractivity contribution in [1.29, 1.82) is 0 Å². The van der Waals surface area contributed by atoms with E-state index >= 15 is 0 Å². The minimum atomic E-state index is 0.759. The summed E-state index contributed by atoms with van der Waals surface area (Å²) in [4.78, 5) is 6.66. The quantitative estimate of drug-likeness (QED) is 0.630. The van der Waals surface area contributed by atoms with Crippen molar-refractivity contribution >= 4 is 5.96 Å². The Morgan fingerprint density at radius 3 is 2.85 bits per heavy atom. The Kier molecular flexibility index (Phi) is 5.92. The van der Waals surface area contributed by atoms with E-state index in [0.29, 0.717) is 0 Å². The molecule has 5 nitrogen and oxygen atoms in total. The largest absolute Gasteiger partial charge is 0.469 e. The molecule has 1 aromatic heterocycles. The molecule has 0 saturated carbocycles. The molecule has 1 fully saturated rings. The summed E-state index contributed by atoms with van der Waals surface area (Å²) >= 11 is 0. The van der Waals surface area contributed by atoms with Gasteiger partial charge in [0.05, 0.1) is 6.26 Å². The first-order valence-corrected chi connectivity index (χ1v) is 7.43. The van der Waals surface area contributed by atoms with Crippen LogP contribution in [0.1, 0.15) is 18.6 Å². The van der Waals surface area contributed by atoms with E-state index in [1.165, 1.54) is 25.9 Å². The second-order valence-electron chi connectivity index (χ2n) is 5.46. The number of furan rings is 1. The summed E-state index contributed by atoms with van der Waals surface area (Å²) in [6.45, 7) is 4.25. The maximum Gasteiger partial charge on any atom is 0.190 e. The molecule has 112 valence electrons. The van der Waals surface area contributed by atoms with E-state index in [-0.39, 0.29) is 0 Å². The Labute approximate surface area is 121 Å². The van der Waals surface area contributed by atoms with Gasteiger partial charge in [-0.25, -0.2) is 0 Å². The molecule has 0 amide bonds. The van der Waals surface area contributed by atoms with Crippen molar-refractivity contribution in [3.05, 3.63) is 24.2 Å². The zero-order chi connectivity index (χ0) is 14.2. The second kappa shape index (κ2) is 7.94. The predicted octanol–water partition coefficient (Wildman–Crippen LogP) is 1.33. The van der Waals surface area contributed by atoms with Gasteiger partial charge in [-0.2, -0.15) is 0 Å². The molecule has 0 bridgehead atoms. The topological polar surface area (TPSA) is 52.8 Å². The van der Waals surface area contributed by atoms with E-state index in [2.05, 4.69) is 27.6 Å². The van der Waals surface area contributed by atoms with Gasteiger partial charge in [-0.3, -0.25) is 4.99 Å². The van der Waals surface area contributed by atoms with E-state index in [1.807, 2.05) is 19.2 Å². The van der Waals surface area contributed by atoms with Crippen molar-refractivity contribution in [3.63, 3.8) is 0 Å². The standard InChI is InChI=1S/C15H26N4O/c1-16-15(17-8-5-14-4-3-11-20-14)18-12-13-6-9-19(2)10-7-13/h3-4,11,13H,5-10,12H2,1-2H3,(H2,16,17,18). The highest BCUT2D eigenvalue weighted by Crippen LogP contribution is 2.14. The van der Waals surface area contributed by atoms with Gasteiger partial charge in [-0.15, -0.1) is 0 Å². The first kappa shape index (κ1) is 14.9. The van der Waals surface area contributed by atoms with Gasteiger partial charge in [0.2, 0.25) is 0 Å². The van der Waals surface area contributed by atoms with E-state index in [9.17, 15) is 0 Å². The summed E-state index contributed by atoms with van der Waals surface area (Å²) in [5, 5.41) is 6.75. The lowest BCUT2D eigenvalue weighted by molar-refractivity contribution is 0.220. The van der Waals surface area contributed by atoms with Crippen LogP contribution in [0.3, 0.4) is 0 Å². The second-order valence-corrected chi connectivity index (χ2v) is 5.46. The third-order valence-corrected chi connectivity index (χ3v) is 3.86. The van der Waals surface area contributed by atoms with Gasteiger partial charge in [0.1, 0.15) is 5.76 Å². The number of rotatable bonds is 5. The third-order valence-electron chi connectivity index (χ3n) is 3.86. The fourth-order valence-electron chi connectivity index (χ4n) is 2.49. The first-order chi connectivity index (χ1) is 9.78. The van der Waals surface area contributed by atoms with Crippen molar-refractivity contribution < 1.29 is 4.42 Å². The van der Waals surface area contributed by atoms with E-state index in [1.54, 1.807) is 6.26 Å². The number of hydrogen-bond donors (Lipinski definition) is 2. The number of likely N-dealkylation sites (tertiary alicyclic amines) is 1. The van der Waals surface area contributed by atoms with Crippen molar-refractivity contribution in [2.24, 2.45) is 10.9 Å². The number of nitrogens with one attached hydrogen (secondary N) is 2. The van der Waals surface area contributed by atoms with Gasteiger partial charge in [-0.1, -0.05) is 0 Å². The molecule has 2 N–H and O–H groups in total. The molecule has 0 unspecified atom stereocenters. The molecule has 0 radical (unpaired) electrons. The van der Waals surface area contributed by atoms with Crippen LogP contribution < -0.4 is 10.6 Å². The highest BCUT2D eigenvalue weighted by molar-refractivity contribution is 5.79. The van der Waals surface area contributed by atoms with E-state index < -0.39 is 0 Å². The lowest BCUT2D eigenvalue weighted by Crippen LogP contribution is -2.42. The highest BCUT2D eigenvalue weighted by atomic mass is 16.3. The lowest BCUT2D eigenvalue weighted by Gasteiger charge is -2.29. The number of aliphatic imine (C=N–C) groups is 1. The number of hydrogen-bond acceptors (Lipinski definition) is 3. The Balaban J connectivity index is 1.62. The lowest BCUT2D eigenvalue weighted by atomic mass is 9.97. The predicted molar refractivity (Wildman–Crippen MR) is 82.0 cm³/mol. The Bertz CT molecular complexity index is 394. The molecule has 2 rings (SSSR count). The SMILES string of the molecule is CN=C(NCCc1ccco1)NCC1CCN(C)CC1. The molecular weight excluding hydrogens is 252 g/mol. The van der Waals surface area contributed by atoms with Crippen molar-refractivity contribution in [2.45, 2.75) is 19.3 Å². The van der Waals surface area contributed by atoms with Crippen LogP contribution in [0.4, 0.5) is 0 Å². The van der Waals surface area contributed by atoms with Gasteiger partial charge in [-0.05, 0) is 51.0 Å². The van der Waals surface area contributed by atoms with Crippen LogP contribution in [0.2, 0.25) is 0 Å². The summed E-state index contributed by atoms with van der Waals surface area (Å²) in [7, 11) is 4.01. The van der Waals surface area contributed by atoms with Gasteiger partial charge in [0.25, 0.3) is 0 Å². The molecule has 1 aliphatic heterocycles.